The SMILES string of the molecule is CC1CCC2C(C)CS(=O)(=O)C2S(=O)(=O)C1. The second-order valence-corrected chi connectivity index (χ2v) is 9.98. The summed E-state index contributed by atoms with van der Waals surface area (Å²) in [4.78, 5) is 0. The lowest BCUT2D eigenvalue weighted by molar-refractivity contribution is 0.381. The molecule has 0 N–H and O–H groups in total. The molecular formula is C10H18O4S2. The summed E-state index contributed by atoms with van der Waals surface area (Å²) in [7, 11) is -6.91. The van der Waals surface area contributed by atoms with Gasteiger partial charge in [-0.3, -0.25) is 0 Å². The first-order chi connectivity index (χ1) is 7.24. The summed E-state index contributed by atoms with van der Waals surface area (Å²) in [6.07, 6.45) is 1.55. The zero-order chi connectivity index (χ0) is 12.1. The molecule has 0 aromatic rings. The maximum Gasteiger partial charge on any atom is 0.168 e. The van der Waals surface area contributed by atoms with Crippen molar-refractivity contribution in [2.24, 2.45) is 17.8 Å². The summed E-state index contributed by atoms with van der Waals surface area (Å²) in [5.74, 6) is -0.0520. The van der Waals surface area contributed by atoms with Gasteiger partial charge in [0, 0.05) is 0 Å². The number of fused-ring (bicyclic) bond motifs is 1. The number of hydrogen-bond acceptors (Lipinski definition) is 4. The average Bonchev–Trinajstić information content (AvgIpc) is 2.21. The van der Waals surface area contributed by atoms with E-state index in [0.29, 0.717) is 0 Å². The molecule has 0 bridgehead atoms. The highest BCUT2D eigenvalue weighted by Crippen LogP contribution is 2.41. The van der Waals surface area contributed by atoms with Crippen molar-refractivity contribution in [3.8, 4) is 0 Å². The molecule has 4 nitrogen and oxygen atoms in total. The zero-order valence-electron chi connectivity index (χ0n) is 9.59. The molecule has 4 atom stereocenters. The fourth-order valence-corrected chi connectivity index (χ4v) is 9.53. The number of sulfone groups is 2. The standard InChI is InChI=1S/C10H18O4S2/c1-7-3-4-9-8(2)6-16(13,14)10(9)15(11,12)5-7/h7-10H,3-6H2,1-2H3. The predicted molar refractivity (Wildman–Crippen MR) is 62.4 cm³/mol. The van der Waals surface area contributed by atoms with Gasteiger partial charge in [-0.2, -0.15) is 0 Å². The van der Waals surface area contributed by atoms with Gasteiger partial charge < -0.3 is 0 Å². The average molecular weight is 266 g/mol. The van der Waals surface area contributed by atoms with Crippen molar-refractivity contribution >= 4 is 19.7 Å². The maximum atomic E-state index is 12.1. The summed E-state index contributed by atoms with van der Waals surface area (Å²) in [5.41, 5.74) is 0. The fourth-order valence-electron chi connectivity index (χ4n) is 3.08. The van der Waals surface area contributed by atoms with Gasteiger partial charge in [-0.05, 0) is 30.6 Å². The Morgan fingerprint density at radius 3 is 2.06 bits per heavy atom. The normalized spacial score (nSPS) is 45.9. The molecule has 0 saturated carbocycles. The van der Waals surface area contributed by atoms with E-state index in [0.717, 1.165) is 12.8 Å². The van der Waals surface area contributed by atoms with Crippen molar-refractivity contribution in [2.75, 3.05) is 11.5 Å². The Kier molecular flexibility index (Phi) is 2.86. The van der Waals surface area contributed by atoms with Gasteiger partial charge in [-0.25, -0.2) is 16.8 Å². The van der Waals surface area contributed by atoms with Crippen LogP contribution in [-0.2, 0) is 19.7 Å². The Bertz CT molecular complexity index is 477. The van der Waals surface area contributed by atoms with Crippen LogP contribution < -0.4 is 0 Å². The topological polar surface area (TPSA) is 68.3 Å². The minimum Gasteiger partial charge on any atom is -0.227 e. The molecule has 0 spiro atoms. The Labute approximate surface area is 97.3 Å². The summed E-state index contributed by atoms with van der Waals surface area (Å²) in [5, 5.41) is 0. The molecule has 16 heavy (non-hydrogen) atoms. The van der Waals surface area contributed by atoms with Gasteiger partial charge in [0.25, 0.3) is 0 Å². The van der Waals surface area contributed by atoms with Crippen LogP contribution in [-0.4, -0.2) is 32.9 Å². The monoisotopic (exact) mass is 266 g/mol. The predicted octanol–water partition coefficient (Wildman–Crippen LogP) is 0.838. The Hall–Kier alpha value is -0.100. The molecule has 2 fully saturated rings. The smallest absolute Gasteiger partial charge is 0.168 e. The Morgan fingerprint density at radius 1 is 0.875 bits per heavy atom. The van der Waals surface area contributed by atoms with E-state index < -0.39 is 24.3 Å². The van der Waals surface area contributed by atoms with Crippen LogP contribution in [0.2, 0.25) is 0 Å². The van der Waals surface area contributed by atoms with E-state index in [1.165, 1.54) is 0 Å². The molecule has 94 valence electrons. The molecule has 4 unspecified atom stereocenters. The molecule has 2 aliphatic rings. The second kappa shape index (κ2) is 3.70. The maximum absolute atomic E-state index is 12.1. The fraction of sp³-hybridized carbons (Fsp3) is 1.00. The van der Waals surface area contributed by atoms with Gasteiger partial charge in [0.05, 0.1) is 11.5 Å². The van der Waals surface area contributed by atoms with Crippen molar-refractivity contribution in [2.45, 2.75) is 31.3 Å². The summed E-state index contributed by atoms with van der Waals surface area (Å²) in [6.45, 7) is 3.74. The third-order valence-corrected chi connectivity index (χ3v) is 9.69. The third kappa shape index (κ3) is 1.90. The van der Waals surface area contributed by atoms with Crippen LogP contribution >= 0.6 is 0 Å². The molecule has 0 radical (unpaired) electrons. The first-order valence-corrected chi connectivity index (χ1v) is 9.10. The van der Waals surface area contributed by atoms with Crippen LogP contribution in [0.15, 0.2) is 0 Å². The highest BCUT2D eigenvalue weighted by molar-refractivity contribution is 8.09. The van der Waals surface area contributed by atoms with E-state index >= 15 is 0 Å². The van der Waals surface area contributed by atoms with E-state index in [2.05, 4.69) is 0 Å². The summed E-state index contributed by atoms with van der Waals surface area (Å²) >= 11 is 0. The molecule has 2 aliphatic heterocycles. The van der Waals surface area contributed by atoms with Crippen LogP contribution in [0.1, 0.15) is 26.7 Å². The van der Waals surface area contributed by atoms with Gasteiger partial charge in [0.15, 0.2) is 24.3 Å². The molecule has 2 heterocycles. The molecule has 0 aliphatic carbocycles. The molecule has 0 amide bonds. The number of rotatable bonds is 0. The van der Waals surface area contributed by atoms with Crippen LogP contribution in [0.25, 0.3) is 0 Å². The van der Waals surface area contributed by atoms with Crippen molar-refractivity contribution < 1.29 is 16.8 Å². The lowest BCUT2D eigenvalue weighted by Gasteiger charge is -2.17. The summed E-state index contributed by atoms with van der Waals surface area (Å²) in [6, 6.07) is 0. The molecular weight excluding hydrogens is 248 g/mol. The quantitative estimate of drug-likeness (QED) is 0.651. The first-order valence-electron chi connectivity index (χ1n) is 5.67. The minimum atomic E-state index is -3.47. The number of hydrogen-bond donors (Lipinski definition) is 0. The molecule has 6 heteroatoms. The van der Waals surface area contributed by atoms with Gasteiger partial charge in [0.2, 0.25) is 0 Å². The molecule has 0 aromatic carbocycles. The van der Waals surface area contributed by atoms with E-state index in [4.69, 9.17) is 0 Å². The van der Waals surface area contributed by atoms with Crippen LogP contribution in [0.3, 0.4) is 0 Å². The highest BCUT2D eigenvalue weighted by atomic mass is 32.3. The minimum absolute atomic E-state index is 0.0184. The zero-order valence-corrected chi connectivity index (χ0v) is 11.2. The van der Waals surface area contributed by atoms with E-state index in [1.807, 2.05) is 13.8 Å². The Morgan fingerprint density at radius 2 is 1.44 bits per heavy atom. The second-order valence-electron chi connectivity index (χ2n) is 5.35. The van der Waals surface area contributed by atoms with Crippen molar-refractivity contribution in [3.63, 3.8) is 0 Å². The van der Waals surface area contributed by atoms with E-state index in [9.17, 15) is 16.8 Å². The first kappa shape index (κ1) is 12.4. The lowest BCUT2D eigenvalue weighted by atomic mass is 9.90. The van der Waals surface area contributed by atoms with Gasteiger partial charge in [0.1, 0.15) is 0 Å². The van der Waals surface area contributed by atoms with Crippen molar-refractivity contribution in [3.05, 3.63) is 0 Å². The third-order valence-electron chi connectivity index (χ3n) is 3.79. The van der Waals surface area contributed by atoms with Crippen LogP contribution in [0.5, 0.6) is 0 Å². The van der Waals surface area contributed by atoms with E-state index in [-0.39, 0.29) is 29.3 Å². The lowest BCUT2D eigenvalue weighted by Crippen LogP contribution is -2.33. The van der Waals surface area contributed by atoms with Gasteiger partial charge >= 0.3 is 0 Å². The van der Waals surface area contributed by atoms with Crippen LogP contribution in [0.4, 0.5) is 0 Å². The van der Waals surface area contributed by atoms with Crippen LogP contribution in [0, 0.1) is 17.8 Å². The van der Waals surface area contributed by atoms with Gasteiger partial charge in [-0.15, -0.1) is 0 Å². The highest BCUT2D eigenvalue weighted by Gasteiger charge is 2.53. The molecule has 2 saturated heterocycles. The van der Waals surface area contributed by atoms with E-state index in [1.54, 1.807) is 0 Å². The van der Waals surface area contributed by atoms with Crippen molar-refractivity contribution in [1.82, 2.24) is 0 Å². The molecule has 0 aromatic heterocycles. The largest absolute Gasteiger partial charge is 0.227 e. The molecule has 2 rings (SSSR count). The summed E-state index contributed by atoms with van der Waals surface area (Å²) < 4.78 is 46.8. The van der Waals surface area contributed by atoms with Gasteiger partial charge in [-0.1, -0.05) is 13.8 Å². The Balaban J connectivity index is 2.51. The van der Waals surface area contributed by atoms with Crippen molar-refractivity contribution in [1.29, 1.82) is 0 Å².